The first-order valence-corrected chi connectivity index (χ1v) is 7.76. The quantitative estimate of drug-likeness (QED) is 0.764. The Balaban J connectivity index is 2.97. The van der Waals surface area contributed by atoms with E-state index in [9.17, 15) is 9.90 Å². The molecule has 0 heterocycles. The molecule has 1 rings (SSSR count). The molecule has 1 aromatic rings. The van der Waals surface area contributed by atoms with Gasteiger partial charge in [0.25, 0.3) is 5.91 Å². The molecule has 5 heteroatoms. The molecule has 0 radical (unpaired) electrons. The largest absolute Gasteiger partial charge is 0.507 e. The summed E-state index contributed by atoms with van der Waals surface area (Å²) in [6.07, 6.45) is 1.66. The van der Waals surface area contributed by atoms with Crippen LogP contribution in [0.25, 0.3) is 0 Å². The Morgan fingerprint density at radius 3 is 2.50 bits per heavy atom. The third-order valence-electron chi connectivity index (χ3n) is 3.19. The van der Waals surface area contributed by atoms with Gasteiger partial charge in [0.2, 0.25) is 0 Å². The van der Waals surface area contributed by atoms with Gasteiger partial charge in [0.15, 0.2) is 0 Å². The normalized spacial score (nSPS) is 11.3. The highest BCUT2D eigenvalue weighted by Gasteiger charge is 2.28. The van der Waals surface area contributed by atoms with Gasteiger partial charge in [0.05, 0.1) is 5.56 Å². The Bertz CT molecular complexity index is 423. The van der Waals surface area contributed by atoms with E-state index in [1.807, 2.05) is 13.8 Å². The summed E-state index contributed by atoms with van der Waals surface area (Å²) < 4.78 is 0.767. The Morgan fingerprint density at radius 2 is 2.00 bits per heavy atom. The molecule has 0 spiro atoms. The number of phenolic OH excluding ortho intramolecular Hbond substituents is 1. The molecule has 0 saturated heterocycles. The summed E-state index contributed by atoms with van der Waals surface area (Å²) in [5.41, 5.74) is 0.0165. The van der Waals surface area contributed by atoms with Gasteiger partial charge in [0, 0.05) is 15.3 Å². The van der Waals surface area contributed by atoms with Gasteiger partial charge >= 0.3 is 0 Å². The van der Waals surface area contributed by atoms with Gasteiger partial charge < -0.3 is 10.4 Å². The van der Waals surface area contributed by atoms with E-state index in [-0.39, 0.29) is 22.8 Å². The summed E-state index contributed by atoms with van der Waals surface area (Å²) >= 11 is 6.74. The first kappa shape index (κ1) is 15.5. The van der Waals surface area contributed by atoms with Crippen molar-refractivity contribution >= 4 is 37.8 Å². The van der Waals surface area contributed by atoms with Crippen molar-refractivity contribution in [3.8, 4) is 5.75 Å². The van der Waals surface area contributed by atoms with Crippen LogP contribution in [0, 0.1) is 0 Å². The van der Waals surface area contributed by atoms with Crippen molar-refractivity contribution in [3.05, 3.63) is 28.2 Å². The van der Waals surface area contributed by atoms with Crippen molar-refractivity contribution in [2.24, 2.45) is 0 Å². The van der Waals surface area contributed by atoms with E-state index in [0.29, 0.717) is 5.33 Å². The van der Waals surface area contributed by atoms with Crippen LogP contribution in [0.2, 0.25) is 0 Å². The van der Waals surface area contributed by atoms with Crippen LogP contribution in [0.4, 0.5) is 0 Å². The summed E-state index contributed by atoms with van der Waals surface area (Å²) in [5.74, 6) is -0.261. The maximum atomic E-state index is 12.2. The van der Waals surface area contributed by atoms with Gasteiger partial charge in [-0.25, -0.2) is 0 Å². The average Bonchev–Trinajstić information content (AvgIpc) is 2.38. The third-order valence-corrected chi connectivity index (χ3v) is 4.76. The van der Waals surface area contributed by atoms with E-state index < -0.39 is 0 Å². The molecule has 0 fully saturated rings. The second-order valence-corrected chi connectivity index (χ2v) is 5.71. The number of carbonyl (C=O) groups is 1. The molecular formula is C13H17Br2NO2. The number of aromatic hydroxyl groups is 1. The highest BCUT2D eigenvalue weighted by atomic mass is 79.9. The minimum absolute atomic E-state index is 0.00798. The first-order chi connectivity index (χ1) is 8.48. The van der Waals surface area contributed by atoms with Crippen molar-refractivity contribution < 1.29 is 9.90 Å². The number of halogens is 2. The number of phenols is 1. The van der Waals surface area contributed by atoms with E-state index in [2.05, 4.69) is 37.2 Å². The molecule has 18 heavy (non-hydrogen) atoms. The number of nitrogens with one attached hydrogen (secondary N) is 1. The fourth-order valence-electron chi connectivity index (χ4n) is 1.65. The SMILES string of the molecule is CCC(CC)(CBr)NC(=O)c1cc(Br)ccc1O. The van der Waals surface area contributed by atoms with Crippen LogP contribution < -0.4 is 5.32 Å². The standard InChI is InChI=1S/C13H17Br2NO2/c1-3-13(4-2,8-14)16-12(18)10-7-9(15)5-6-11(10)17/h5-7,17H,3-4,8H2,1-2H3,(H,16,18). The number of amides is 1. The highest BCUT2D eigenvalue weighted by Crippen LogP contribution is 2.24. The lowest BCUT2D eigenvalue weighted by molar-refractivity contribution is 0.0901. The van der Waals surface area contributed by atoms with E-state index >= 15 is 0 Å². The third kappa shape index (κ3) is 3.48. The molecule has 0 unspecified atom stereocenters. The second kappa shape index (κ2) is 6.57. The van der Waals surface area contributed by atoms with E-state index in [4.69, 9.17) is 0 Å². The molecular weight excluding hydrogens is 362 g/mol. The molecule has 2 N–H and O–H groups in total. The summed E-state index contributed by atoms with van der Waals surface area (Å²) in [5, 5.41) is 13.4. The zero-order valence-electron chi connectivity index (χ0n) is 10.5. The second-order valence-electron chi connectivity index (χ2n) is 4.24. The Labute approximate surface area is 124 Å². The molecule has 0 atom stereocenters. The fourth-order valence-corrected chi connectivity index (χ4v) is 2.94. The first-order valence-electron chi connectivity index (χ1n) is 5.85. The molecule has 0 aliphatic rings. The molecule has 3 nitrogen and oxygen atoms in total. The van der Waals surface area contributed by atoms with E-state index in [1.54, 1.807) is 12.1 Å². The molecule has 0 aliphatic heterocycles. The molecule has 0 saturated carbocycles. The van der Waals surface area contributed by atoms with Gasteiger partial charge in [-0.2, -0.15) is 0 Å². The number of hydrogen-bond acceptors (Lipinski definition) is 2. The molecule has 1 aromatic carbocycles. The highest BCUT2D eigenvalue weighted by molar-refractivity contribution is 9.10. The molecule has 1 amide bonds. The number of rotatable bonds is 5. The maximum absolute atomic E-state index is 12.2. The van der Waals surface area contributed by atoms with Crippen LogP contribution in [0.1, 0.15) is 37.0 Å². The van der Waals surface area contributed by atoms with Crippen LogP contribution in [0.5, 0.6) is 5.75 Å². The lowest BCUT2D eigenvalue weighted by Gasteiger charge is -2.31. The Morgan fingerprint density at radius 1 is 1.39 bits per heavy atom. The lowest BCUT2D eigenvalue weighted by Crippen LogP contribution is -2.49. The average molecular weight is 379 g/mol. The zero-order valence-corrected chi connectivity index (χ0v) is 13.6. The van der Waals surface area contributed by atoms with Crippen LogP contribution in [-0.2, 0) is 0 Å². The smallest absolute Gasteiger partial charge is 0.255 e. The number of alkyl halides is 1. The minimum atomic E-state index is -0.272. The van der Waals surface area contributed by atoms with Crippen molar-refractivity contribution in [2.75, 3.05) is 5.33 Å². The fraction of sp³-hybridized carbons (Fsp3) is 0.462. The summed E-state index contributed by atoms with van der Waals surface area (Å²) in [6.45, 7) is 4.07. The topological polar surface area (TPSA) is 49.3 Å². The van der Waals surface area contributed by atoms with Crippen LogP contribution in [0.3, 0.4) is 0 Å². The number of hydrogen-bond donors (Lipinski definition) is 2. The summed E-state index contributed by atoms with van der Waals surface area (Å²) in [7, 11) is 0. The van der Waals surface area contributed by atoms with Gasteiger partial charge in [-0.15, -0.1) is 0 Å². The van der Waals surface area contributed by atoms with Crippen LogP contribution in [-0.4, -0.2) is 21.9 Å². The zero-order chi connectivity index (χ0) is 13.8. The van der Waals surface area contributed by atoms with Crippen molar-refractivity contribution in [2.45, 2.75) is 32.2 Å². The Kier molecular flexibility index (Phi) is 5.66. The predicted octanol–water partition coefficient (Wildman–Crippen LogP) is 3.84. The number of carbonyl (C=O) groups excluding carboxylic acids is 1. The summed E-state index contributed by atoms with van der Waals surface area (Å²) in [4.78, 5) is 12.2. The minimum Gasteiger partial charge on any atom is -0.507 e. The lowest BCUT2D eigenvalue weighted by atomic mass is 9.95. The number of benzene rings is 1. The van der Waals surface area contributed by atoms with Crippen molar-refractivity contribution in [1.29, 1.82) is 0 Å². The van der Waals surface area contributed by atoms with Gasteiger partial charge in [0.1, 0.15) is 5.75 Å². The summed E-state index contributed by atoms with van der Waals surface area (Å²) in [6, 6.07) is 4.82. The predicted molar refractivity (Wildman–Crippen MR) is 80.4 cm³/mol. The monoisotopic (exact) mass is 377 g/mol. The Hall–Kier alpha value is -0.550. The van der Waals surface area contributed by atoms with Gasteiger partial charge in [-0.05, 0) is 31.0 Å². The van der Waals surface area contributed by atoms with E-state index in [1.165, 1.54) is 6.07 Å². The van der Waals surface area contributed by atoms with Crippen LogP contribution >= 0.6 is 31.9 Å². The van der Waals surface area contributed by atoms with Crippen molar-refractivity contribution in [1.82, 2.24) is 5.32 Å². The maximum Gasteiger partial charge on any atom is 0.255 e. The molecule has 100 valence electrons. The van der Waals surface area contributed by atoms with Crippen LogP contribution in [0.15, 0.2) is 22.7 Å². The molecule has 0 aromatic heterocycles. The molecule has 0 aliphatic carbocycles. The van der Waals surface area contributed by atoms with Gasteiger partial charge in [-0.3, -0.25) is 4.79 Å². The molecule has 0 bridgehead atoms. The van der Waals surface area contributed by atoms with Gasteiger partial charge in [-0.1, -0.05) is 45.7 Å². The van der Waals surface area contributed by atoms with E-state index in [0.717, 1.165) is 17.3 Å². The van der Waals surface area contributed by atoms with Crippen molar-refractivity contribution in [3.63, 3.8) is 0 Å².